The van der Waals surface area contributed by atoms with Crippen LogP contribution >= 0.6 is 0 Å². The van der Waals surface area contributed by atoms with Gasteiger partial charge in [-0.15, -0.1) is 0 Å². The number of carboxylic acid groups (broad SMARTS) is 1. The molecule has 1 aliphatic rings. The minimum Gasteiger partial charge on any atom is -0.478 e. The van der Waals surface area contributed by atoms with Crippen LogP contribution in [0.2, 0.25) is 0 Å². The molecule has 0 amide bonds. The highest BCUT2D eigenvalue weighted by atomic mass is 16.4. The van der Waals surface area contributed by atoms with E-state index in [2.05, 4.69) is 9.80 Å². The normalized spacial score (nSPS) is 19.1. The van der Waals surface area contributed by atoms with Crippen LogP contribution < -0.4 is 10.6 Å². The number of aromatic carboxylic acids is 1. The van der Waals surface area contributed by atoms with E-state index in [1.54, 1.807) is 18.2 Å². The van der Waals surface area contributed by atoms with Crippen molar-refractivity contribution in [1.29, 1.82) is 0 Å². The number of rotatable bonds is 4. The molecule has 0 aliphatic carbocycles. The fourth-order valence-electron chi connectivity index (χ4n) is 2.80. The van der Waals surface area contributed by atoms with Gasteiger partial charge in [-0.05, 0) is 39.1 Å². The molecular weight excluding hydrogens is 242 g/mol. The third kappa shape index (κ3) is 2.81. The Hall–Kier alpha value is -1.75. The minimum atomic E-state index is -0.919. The fraction of sp³-hybridized carbons (Fsp3) is 0.500. The second kappa shape index (κ2) is 5.48. The number of carboxylic acids is 1. The zero-order valence-electron chi connectivity index (χ0n) is 11.5. The lowest BCUT2D eigenvalue weighted by Gasteiger charge is -2.31. The molecule has 0 spiro atoms. The van der Waals surface area contributed by atoms with Gasteiger partial charge < -0.3 is 20.6 Å². The maximum absolute atomic E-state index is 11.4. The average molecular weight is 263 g/mol. The summed E-state index contributed by atoms with van der Waals surface area (Å²) < 4.78 is 0. The maximum atomic E-state index is 11.4. The molecule has 1 heterocycles. The molecule has 1 unspecified atom stereocenters. The Kier molecular flexibility index (Phi) is 3.95. The number of likely N-dealkylation sites (N-methyl/N-ethyl adjacent to an activating group) is 1. The van der Waals surface area contributed by atoms with Crippen molar-refractivity contribution < 1.29 is 9.90 Å². The Bertz CT molecular complexity index is 474. The quantitative estimate of drug-likeness (QED) is 0.806. The van der Waals surface area contributed by atoms with Crippen LogP contribution in [-0.2, 0) is 0 Å². The number of hydrogen-bond donors (Lipinski definition) is 2. The molecule has 0 bridgehead atoms. The van der Waals surface area contributed by atoms with Gasteiger partial charge in [0, 0.05) is 19.1 Å². The molecule has 1 fully saturated rings. The zero-order valence-corrected chi connectivity index (χ0v) is 11.5. The van der Waals surface area contributed by atoms with E-state index in [1.807, 2.05) is 14.1 Å². The molecule has 1 aromatic rings. The molecule has 0 saturated carbocycles. The van der Waals surface area contributed by atoms with E-state index < -0.39 is 5.97 Å². The highest BCUT2D eigenvalue weighted by Gasteiger charge is 2.29. The van der Waals surface area contributed by atoms with Crippen molar-refractivity contribution in [2.75, 3.05) is 37.8 Å². The predicted molar refractivity (Wildman–Crippen MR) is 76.7 cm³/mol. The number of nitrogens with zero attached hydrogens (tertiary/aromatic N) is 2. The Labute approximate surface area is 113 Å². The SMILES string of the molecule is CN(C)CC1CCCN1c1c(N)cccc1C(=O)O. The fourth-order valence-corrected chi connectivity index (χ4v) is 2.80. The molecule has 1 aliphatic heterocycles. The number of nitrogens with two attached hydrogens (primary N) is 1. The van der Waals surface area contributed by atoms with Crippen LogP contribution in [0, 0.1) is 0 Å². The number of hydrogen-bond acceptors (Lipinski definition) is 4. The Balaban J connectivity index is 2.37. The number of nitrogen functional groups attached to an aromatic ring is 1. The first-order valence-electron chi connectivity index (χ1n) is 6.54. The van der Waals surface area contributed by atoms with Crippen molar-refractivity contribution in [3.8, 4) is 0 Å². The summed E-state index contributed by atoms with van der Waals surface area (Å²) in [5, 5.41) is 9.33. The number of carbonyl (C=O) groups is 1. The van der Waals surface area contributed by atoms with E-state index in [9.17, 15) is 9.90 Å². The van der Waals surface area contributed by atoms with Gasteiger partial charge >= 0.3 is 5.97 Å². The highest BCUT2D eigenvalue weighted by Crippen LogP contribution is 2.33. The first-order chi connectivity index (χ1) is 9.00. The summed E-state index contributed by atoms with van der Waals surface area (Å²) in [4.78, 5) is 15.6. The van der Waals surface area contributed by atoms with Crippen LogP contribution in [0.15, 0.2) is 18.2 Å². The zero-order chi connectivity index (χ0) is 14.0. The first kappa shape index (κ1) is 13.7. The van der Waals surface area contributed by atoms with Gasteiger partial charge in [-0.3, -0.25) is 0 Å². The van der Waals surface area contributed by atoms with Gasteiger partial charge in [-0.25, -0.2) is 4.79 Å². The monoisotopic (exact) mass is 263 g/mol. The molecular formula is C14H21N3O2. The summed E-state index contributed by atoms with van der Waals surface area (Å²) in [7, 11) is 4.06. The molecule has 1 atom stereocenters. The van der Waals surface area contributed by atoms with Gasteiger partial charge in [0.1, 0.15) is 0 Å². The molecule has 5 heteroatoms. The van der Waals surface area contributed by atoms with Gasteiger partial charge in [0.2, 0.25) is 0 Å². The minimum absolute atomic E-state index is 0.297. The summed E-state index contributed by atoms with van der Waals surface area (Å²) in [6.07, 6.45) is 2.15. The summed E-state index contributed by atoms with van der Waals surface area (Å²) in [6.45, 7) is 1.78. The summed E-state index contributed by atoms with van der Waals surface area (Å²) >= 11 is 0. The van der Waals surface area contributed by atoms with E-state index in [0.717, 1.165) is 25.9 Å². The van der Waals surface area contributed by atoms with Crippen molar-refractivity contribution in [3.05, 3.63) is 23.8 Å². The summed E-state index contributed by atoms with van der Waals surface area (Å²) in [5.41, 5.74) is 7.54. The second-order valence-electron chi connectivity index (χ2n) is 5.30. The molecule has 1 saturated heterocycles. The van der Waals surface area contributed by atoms with Crippen LogP contribution in [0.3, 0.4) is 0 Å². The highest BCUT2D eigenvalue weighted by molar-refractivity contribution is 5.98. The summed E-state index contributed by atoms with van der Waals surface area (Å²) in [5.74, 6) is -0.919. The number of para-hydroxylation sites is 1. The third-order valence-electron chi connectivity index (χ3n) is 3.54. The topological polar surface area (TPSA) is 69.8 Å². The van der Waals surface area contributed by atoms with E-state index in [-0.39, 0.29) is 0 Å². The van der Waals surface area contributed by atoms with E-state index in [4.69, 9.17) is 5.73 Å². The van der Waals surface area contributed by atoms with Crippen molar-refractivity contribution in [3.63, 3.8) is 0 Å². The predicted octanol–water partition coefficient (Wildman–Crippen LogP) is 1.50. The van der Waals surface area contributed by atoms with E-state index >= 15 is 0 Å². The lowest BCUT2D eigenvalue weighted by molar-refractivity contribution is 0.0697. The lowest BCUT2D eigenvalue weighted by Crippen LogP contribution is -2.38. The largest absolute Gasteiger partial charge is 0.478 e. The van der Waals surface area contributed by atoms with Gasteiger partial charge in [-0.2, -0.15) is 0 Å². The van der Waals surface area contributed by atoms with Crippen LogP contribution in [0.1, 0.15) is 23.2 Å². The molecule has 2 rings (SSSR count). The van der Waals surface area contributed by atoms with Crippen LogP contribution in [0.4, 0.5) is 11.4 Å². The molecule has 5 nitrogen and oxygen atoms in total. The maximum Gasteiger partial charge on any atom is 0.337 e. The molecule has 3 N–H and O–H groups in total. The second-order valence-corrected chi connectivity index (χ2v) is 5.30. The first-order valence-corrected chi connectivity index (χ1v) is 6.54. The van der Waals surface area contributed by atoms with Gasteiger partial charge in [0.25, 0.3) is 0 Å². The van der Waals surface area contributed by atoms with Crippen molar-refractivity contribution >= 4 is 17.3 Å². The third-order valence-corrected chi connectivity index (χ3v) is 3.54. The molecule has 104 valence electrons. The van der Waals surface area contributed by atoms with Crippen LogP contribution in [0.5, 0.6) is 0 Å². The molecule has 1 aromatic carbocycles. The average Bonchev–Trinajstić information content (AvgIpc) is 2.75. The Morgan fingerprint density at radius 2 is 2.26 bits per heavy atom. The van der Waals surface area contributed by atoms with E-state index in [1.165, 1.54) is 0 Å². The van der Waals surface area contributed by atoms with Crippen LogP contribution in [0.25, 0.3) is 0 Å². The van der Waals surface area contributed by atoms with Gasteiger partial charge in [0.05, 0.1) is 16.9 Å². The van der Waals surface area contributed by atoms with E-state index in [0.29, 0.717) is 23.0 Å². The van der Waals surface area contributed by atoms with Crippen molar-refractivity contribution in [2.45, 2.75) is 18.9 Å². The number of benzene rings is 1. The van der Waals surface area contributed by atoms with Crippen molar-refractivity contribution in [1.82, 2.24) is 4.90 Å². The Morgan fingerprint density at radius 1 is 1.53 bits per heavy atom. The van der Waals surface area contributed by atoms with Gasteiger partial charge in [0.15, 0.2) is 0 Å². The Morgan fingerprint density at radius 3 is 2.89 bits per heavy atom. The molecule has 0 aromatic heterocycles. The lowest BCUT2D eigenvalue weighted by atomic mass is 10.1. The van der Waals surface area contributed by atoms with Crippen LogP contribution in [-0.4, -0.2) is 49.2 Å². The standard InChI is InChI=1S/C14H21N3O2/c1-16(2)9-10-5-4-8-17(10)13-11(14(18)19)6-3-7-12(13)15/h3,6-7,10H,4-5,8-9,15H2,1-2H3,(H,18,19). The number of anilines is 2. The summed E-state index contributed by atoms with van der Waals surface area (Å²) in [6, 6.07) is 5.42. The molecule has 0 radical (unpaired) electrons. The molecule has 19 heavy (non-hydrogen) atoms. The van der Waals surface area contributed by atoms with Gasteiger partial charge in [-0.1, -0.05) is 6.07 Å². The van der Waals surface area contributed by atoms with Crippen molar-refractivity contribution in [2.24, 2.45) is 0 Å². The smallest absolute Gasteiger partial charge is 0.337 e.